The third-order valence-corrected chi connectivity index (χ3v) is 3.92. The fourth-order valence-electron chi connectivity index (χ4n) is 2.75. The first-order valence-electron chi connectivity index (χ1n) is 7.18. The van der Waals surface area contributed by atoms with Crippen molar-refractivity contribution in [2.75, 3.05) is 0 Å². The lowest BCUT2D eigenvalue weighted by Crippen LogP contribution is -2.31. The topological polar surface area (TPSA) is 12.0 Å². The molecule has 0 spiro atoms. The van der Waals surface area contributed by atoms with Gasteiger partial charge in [-0.3, -0.25) is 0 Å². The van der Waals surface area contributed by atoms with Gasteiger partial charge in [0.2, 0.25) is 0 Å². The number of benzene rings is 1. The number of nitrogens with one attached hydrogen (secondary N) is 1. The second kappa shape index (κ2) is 6.48. The molecule has 7 heteroatoms. The van der Waals surface area contributed by atoms with Crippen molar-refractivity contribution < 1.29 is 26.3 Å². The molecule has 1 aromatic carbocycles. The first-order valence-corrected chi connectivity index (χ1v) is 7.18. The van der Waals surface area contributed by atoms with Crippen molar-refractivity contribution in [1.82, 2.24) is 5.32 Å². The van der Waals surface area contributed by atoms with E-state index in [1.165, 1.54) is 0 Å². The molecule has 0 aromatic heterocycles. The van der Waals surface area contributed by atoms with E-state index < -0.39 is 23.5 Å². The van der Waals surface area contributed by atoms with Crippen LogP contribution in [-0.4, -0.2) is 6.04 Å². The average Bonchev–Trinajstić information content (AvgIpc) is 2.44. The molecule has 0 aliphatic heterocycles. The Kier molecular flexibility index (Phi) is 5.04. The summed E-state index contributed by atoms with van der Waals surface area (Å²) in [6.07, 6.45) is -4.54. The van der Waals surface area contributed by atoms with Crippen LogP contribution in [0.3, 0.4) is 0 Å². The maximum atomic E-state index is 12.9. The van der Waals surface area contributed by atoms with Crippen molar-refractivity contribution in [3.05, 3.63) is 34.9 Å². The van der Waals surface area contributed by atoms with Crippen LogP contribution in [0.25, 0.3) is 0 Å². The average molecular weight is 325 g/mol. The number of alkyl halides is 6. The molecule has 0 saturated heterocycles. The molecule has 0 heterocycles. The Labute approximate surface area is 124 Å². The van der Waals surface area contributed by atoms with E-state index >= 15 is 0 Å². The summed E-state index contributed by atoms with van der Waals surface area (Å²) in [5.41, 5.74) is -2.42. The molecule has 0 unspecified atom stereocenters. The Hall–Kier alpha value is -1.24. The van der Waals surface area contributed by atoms with Gasteiger partial charge in [-0.25, -0.2) is 0 Å². The van der Waals surface area contributed by atoms with Crippen molar-refractivity contribution in [2.45, 2.75) is 57.0 Å². The maximum absolute atomic E-state index is 12.9. The van der Waals surface area contributed by atoms with Gasteiger partial charge in [0.15, 0.2) is 0 Å². The van der Waals surface area contributed by atoms with E-state index in [0.29, 0.717) is 18.2 Å². The van der Waals surface area contributed by atoms with Gasteiger partial charge in [0, 0.05) is 12.6 Å². The molecular weight excluding hydrogens is 308 g/mol. The molecule has 124 valence electrons. The molecule has 1 N–H and O–H groups in total. The summed E-state index contributed by atoms with van der Waals surface area (Å²) in [7, 11) is 0. The highest BCUT2D eigenvalue weighted by molar-refractivity contribution is 5.35. The molecule has 0 atom stereocenters. The van der Waals surface area contributed by atoms with E-state index in [4.69, 9.17) is 0 Å². The molecule has 1 saturated carbocycles. The smallest absolute Gasteiger partial charge is 0.310 e. The Balaban J connectivity index is 2.21. The van der Waals surface area contributed by atoms with Crippen molar-refractivity contribution in [3.8, 4) is 0 Å². The third-order valence-electron chi connectivity index (χ3n) is 3.92. The zero-order chi connectivity index (χ0) is 16.4. The zero-order valence-electron chi connectivity index (χ0n) is 11.8. The molecule has 1 nitrogen and oxygen atoms in total. The van der Waals surface area contributed by atoms with Crippen LogP contribution in [0.5, 0.6) is 0 Å². The monoisotopic (exact) mass is 325 g/mol. The molecule has 0 bridgehead atoms. The molecule has 22 heavy (non-hydrogen) atoms. The SMILES string of the molecule is FC(F)(F)c1ccc(C(F)(F)F)c(CNC2CCCCC2)c1. The van der Waals surface area contributed by atoms with E-state index in [-0.39, 0.29) is 18.2 Å². The van der Waals surface area contributed by atoms with E-state index in [9.17, 15) is 26.3 Å². The fourth-order valence-corrected chi connectivity index (χ4v) is 2.75. The predicted octanol–water partition coefficient (Wildman–Crippen LogP) is 5.15. The quantitative estimate of drug-likeness (QED) is 0.758. The van der Waals surface area contributed by atoms with Crippen LogP contribution in [0.15, 0.2) is 18.2 Å². The lowest BCUT2D eigenvalue weighted by molar-refractivity contribution is -0.141. The minimum Gasteiger partial charge on any atom is -0.310 e. The molecule has 2 rings (SSSR count). The van der Waals surface area contributed by atoms with Crippen molar-refractivity contribution in [1.29, 1.82) is 0 Å². The minimum absolute atomic E-state index is 0.0735. The van der Waals surface area contributed by atoms with Crippen molar-refractivity contribution >= 4 is 0 Å². The zero-order valence-corrected chi connectivity index (χ0v) is 11.8. The van der Waals surface area contributed by atoms with Crippen LogP contribution in [0, 0.1) is 0 Å². The molecular formula is C15H17F6N. The summed E-state index contributed by atoms with van der Waals surface area (Å²) in [5, 5.41) is 2.96. The van der Waals surface area contributed by atoms with Gasteiger partial charge in [0.05, 0.1) is 11.1 Å². The number of hydrogen-bond acceptors (Lipinski definition) is 1. The van der Waals surface area contributed by atoms with Crippen LogP contribution in [0.2, 0.25) is 0 Å². The molecule has 0 radical (unpaired) electrons. The van der Waals surface area contributed by atoms with Crippen LogP contribution < -0.4 is 5.32 Å². The lowest BCUT2D eigenvalue weighted by Gasteiger charge is -2.24. The third kappa shape index (κ3) is 4.38. The van der Waals surface area contributed by atoms with E-state index in [2.05, 4.69) is 5.32 Å². The molecule has 1 fully saturated rings. The highest BCUT2D eigenvalue weighted by Gasteiger charge is 2.36. The summed E-state index contributed by atoms with van der Waals surface area (Å²) in [6.45, 7) is -0.205. The number of rotatable bonds is 3. The molecule has 1 aliphatic carbocycles. The second-order valence-electron chi connectivity index (χ2n) is 5.58. The van der Waals surface area contributed by atoms with Gasteiger partial charge < -0.3 is 5.32 Å². The summed E-state index contributed by atoms with van der Waals surface area (Å²) in [4.78, 5) is 0. The van der Waals surface area contributed by atoms with E-state index in [0.717, 1.165) is 32.1 Å². The van der Waals surface area contributed by atoms with E-state index in [1.807, 2.05) is 0 Å². The van der Waals surface area contributed by atoms with Crippen LogP contribution in [-0.2, 0) is 18.9 Å². The highest BCUT2D eigenvalue weighted by atomic mass is 19.4. The fraction of sp³-hybridized carbons (Fsp3) is 0.600. The summed E-state index contributed by atoms with van der Waals surface area (Å²) >= 11 is 0. The van der Waals surface area contributed by atoms with Gasteiger partial charge >= 0.3 is 12.4 Å². The first kappa shape index (κ1) is 17.1. The van der Waals surface area contributed by atoms with Crippen LogP contribution in [0.1, 0.15) is 48.8 Å². The van der Waals surface area contributed by atoms with E-state index in [1.54, 1.807) is 0 Å². The molecule has 1 aliphatic rings. The predicted molar refractivity (Wildman–Crippen MR) is 70.2 cm³/mol. The minimum atomic E-state index is -4.66. The molecule has 1 aromatic rings. The summed E-state index contributed by atoms with van der Waals surface area (Å²) in [6, 6.07) is 1.66. The first-order chi connectivity index (χ1) is 10.2. The summed E-state index contributed by atoms with van der Waals surface area (Å²) in [5.74, 6) is 0. The number of halogens is 6. The largest absolute Gasteiger partial charge is 0.416 e. The van der Waals surface area contributed by atoms with Gasteiger partial charge in [-0.15, -0.1) is 0 Å². The van der Waals surface area contributed by atoms with Gasteiger partial charge in [-0.05, 0) is 36.6 Å². The lowest BCUT2D eigenvalue weighted by atomic mass is 9.95. The van der Waals surface area contributed by atoms with Crippen LogP contribution in [0.4, 0.5) is 26.3 Å². The Morgan fingerprint density at radius 3 is 2.09 bits per heavy atom. The Morgan fingerprint density at radius 2 is 1.55 bits per heavy atom. The van der Waals surface area contributed by atoms with Crippen molar-refractivity contribution in [2.24, 2.45) is 0 Å². The van der Waals surface area contributed by atoms with Crippen molar-refractivity contribution in [3.63, 3.8) is 0 Å². The summed E-state index contributed by atoms with van der Waals surface area (Å²) < 4.78 is 76.9. The highest BCUT2D eigenvalue weighted by Crippen LogP contribution is 2.36. The maximum Gasteiger partial charge on any atom is 0.416 e. The van der Waals surface area contributed by atoms with Gasteiger partial charge in [-0.2, -0.15) is 26.3 Å². The Morgan fingerprint density at radius 1 is 0.909 bits per heavy atom. The van der Waals surface area contributed by atoms with Crippen LogP contribution >= 0.6 is 0 Å². The number of hydrogen-bond donors (Lipinski definition) is 1. The molecule has 0 amide bonds. The van der Waals surface area contributed by atoms with Gasteiger partial charge in [0.25, 0.3) is 0 Å². The second-order valence-corrected chi connectivity index (χ2v) is 5.58. The Bertz CT molecular complexity index is 500. The standard InChI is InChI=1S/C15H17F6N/c16-14(17,18)11-6-7-13(15(19,20)21)10(8-11)9-22-12-4-2-1-3-5-12/h6-8,12,22H,1-5,9H2. The van der Waals surface area contributed by atoms with Gasteiger partial charge in [-0.1, -0.05) is 19.3 Å². The normalized spacial score (nSPS) is 17.7. The van der Waals surface area contributed by atoms with Gasteiger partial charge in [0.1, 0.15) is 0 Å².